The molecule has 74 heavy (non-hydrogen) atoms. The summed E-state index contributed by atoms with van der Waals surface area (Å²) in [6.45, 7) is 6.75. The van der Waals surface area contributed by atoms with Gasteiger partial charge in [-0.2, -0.15) is 0 Å². The minimum Gasteiger partial charge on any atom is -0.756 e. The molecule has 0 aromatic heterocycles. The van der Waals surface area contributed by atoms with Crippen molar-refractivity contribution in [3.05, 3.63) is 85.1 Å². The topological polar surface area (TPSA) is 114 Å². The Morgan fingerprint density at radius 1 is 0.473 bits per heavy atom. The molecular weight excluding hydrogens is 940 g/mol. The highest BCUT2D eigenvalue weighted by Crippen LogP contribution is 2.38. The highest BCUT2D eigenvalue weighted by Gasteiger charge is 2.27. The fourth-order valence-electron chi connectivity index (χ4n) is 8.30. The second-order valence-corrected chi connectivity index (χ2v) is 22.9. The molecule has 9 nitrogen and oxygen atoms in total. The first-order chi connectivity index (χ1) is 35.9. The van der Waals surface area contributed by atoms with Gasteiger partial charge in [0.2, 0.25) is 5.91 Å². The zero-order valence-electron chi connectivity index (χ0n) is 48.8. The molecule has 0 spiro atoms. The van der Waals surface area contributed by atoms with Crippen LogP contribution in [0.5, 0.6) is 0 Å². The van der Waals surface area contributed by atoms with Crippen LogP contribution in [0.25, 0.3) is 0 Å². The molecule has 0 heterocycles. The van der Waals surface area contributed by atoms with E-state index in [0.717, 1.165) is 109 Å². The van der Waals surface area contributed by atoms with E-state index in [-0.39, 0.29) is 31.3 Å². The molecule has 0 radical (unpaired) electrons. The number of rotatable bonds is 54. The van der Waals surface area contributed by atoms with Gasteiger partial charge in [0, 0.05) is 12.8 Å². The van der Waals surface area contributed by atoms with Gasteiger partial charge in [-0.3, -0.25) is 14.2 Å². The molecule has 0 aliphatic rings. The van der Waals surface area contributed by atoms with Crippen molar-refractivity contribution in [1.29, 1.82) is 0 Å². The number of hydrogen-bond donors (Lipinski definition) is 1. The van der Waals surface area contributed by atoms with Gasteiger partial charge < -0.3 is 28.5 Å². The van der Waals surface area contributed by atoms with Gasteiger partial charge >= 0.3 is 5.97 Å². The Kier molecular flexibility index (Phi) is 51.5. The van der Waals surface area contributed by atoms with Crippen LogP contribution in [0.1, 0.15) is 258 Å². The minimum atomic E-state index is -4.71. The van der Waals surface area contributed by atoms with Crippen molar-refractivity contribution in [2.75, 3.05) is 40.9 Å². The zero-order chi connectivity index (χ0) is 54.3. The monoisotopic (exact) mass is 1050 g/mol. The lowest BCUT2D eigenvalue weighted by Crippen LogP contribution is -2.47. The number of amides is 1. The molecule has 0 aromatic rings. The van der Waals surface area contributed by atoms with Crippen LogP contribution in [0.15, 0.2) is 85.1 Å². The Balaban J connectivity index is 5.36. The molecule has 0 saturated heterocycles. The number of unbranched alkanes of at least 4 members (excludes halogenated alkanes) is 26. The maximum absolute atomic E-state index is 13.5. The summed E-state index contributed by atoms with van der Waals surface area (Å²) >= 11 is 0. The number of quaternary nitrogens is 1. The Hall–Kier alpha value is -2.81. The number of ether oxygens (including phenoxy) is 1. The van der Waals surface area contributed by atoms with E-state index in [9.17, 15) is 19.0 Å². The molecule has 0 fully saturated rings. The van der Waals surface area contributed by atoms with E-state index >= 15 is 0 Å². The molecule has 3 unspecified atom stereocenters. The summed E-state index contributed by atoms with van der Waals surface area (Å²) in [5, 5.41) is 3.01. The van der Waals surface area contributed by atoms with E-state index in [0.29, 0.717) is 23.9 Å². The van der Waals surface area contributed by atoms with Crippen molar-refractivity contribution in [2.24, 2.45) is 0 Å². The highest BCUT2D eigenvalue weighted by molar-refractivity contribution is 7.45. The number of nitrogens with one attached hydrogen (secondary N) is 1. The quantitative estimate of drug-likeness (QED) is 0.0212. The third-order valence-corrected chi connectivity index (χ3v) is 14.0. The molecule has 0 aromatic carbocycles. The predicted molar refractivity (Wildman–Crippen MR) is 316 cm³/mol. The number of carbonyl (C=O) groups excluding carboxylic acids is 2. The van der Waals surface area contributed by atoms with Gasteiger partial charge in [-0.1, -0.05) is 222 Å². The van der Waals surface area contributed by atoms with Crippen LogP contribution in [-0.4, -0.2) is 69.4 Å². The number of esters is 1. The van der Waals surface area contributed by atoms with Gasteiger partial charge in [0.15, 0.2) is 0 Å². The van der Waals surface area contributed by atoms with Crippen molar-refractivity contribution in [3.63, 3.8) is 0 Å². The average Bonchev–Trinajstić information content (AvgIpc) is 3.36. The number of allylic oxidation sites excluding steroid dienone is 13. The Morgan fingerprint density at radius 3 is 1.26 bits per heavy atom. The van der Waals surface area contributed by atoms with Crippen LogP contribution >= 0.6 is 7.82 Å². The molecular formula is C64H115N2O7P. The fourth-order valence-corrected chi connectivity index (χ4v) is 9.02. The third kappa shape index (κ3) is 54.0. The molecule has 0 aliphatic heterocycles. The summed E-state index contributed by atoms with van der Waals surface area (Å²) < 4.78 is 30.3. The summed E-state index contributed by atoms with van der Waals surface area (Å²) in [6.07, 6.45) is 69.7. The van der Waals surface area contributed by atoms with Crippen LogP contribution in [-0.2, 0) is 27.9 Å². The number of nitrogens with zero attached hydrogens (tertiary/aromatic N) is 1. The number of phosphoric ester groups is 1. The Labute approximate surface area is 456 Å². The maximum Gasteiger partial charge on any atom is 0.306 e. The molecule has 0 bridgehead atoms. The maximum atomic E-state index is 13.5. The SMILES string of the molecule is CCCCC/C=C\C/C=C\C/C=C\CCCCCCCCC(=O)OC(/C=C/CCCCCCCCCCCC)C(COP(=O)([O-])OCC[N+](C)(C)C)NC(=O)CCCCCC/C=C\C/C=C\C/C=C\CCCCC. The summed E-state index contributed by atoms with van der Waals surface area (Å²) in [6, 6.07) is -0.909. The number of likely N-dealkylation sites (N-methyl/N-ethyl adjacent to an activating group) is 1. The first kappa shape index (κ1) is 71.2. The lowest BCUT2D eigenvalue weighted by molar-refractivity contribution is -0.870. The van der Waals surface area contributed by atoms with Crippen molar-refractivity contribution < 1.29 is 37.3 Å². The second-order valence-electron chi connectivity index (χ2n) is 21.5. The average molecular weight is 1060 g/mol. The number of carbonyl (C=O) groups is 2. The van der Waals surface area contributed by atoms with Crippen LogP contribution in [0, 0.1) is 0 Å². The first-order valence-electron chi connectivity index (χ1n) is 30.4. The highest BCUT2D eigenvalue weighted by atomic mass is 31.2. The summed E-state index contributed by atoms with van der Waals surface area (Å²) in [5.41, 5.74) is 0. The van der Waals surface area contributed by atoms with Crippen LogP contribution in [0.3, 0.4) is 0 Å². The first-order valence-corrected chi connectivity index (χ1v) is 31.9. The second kappa shape index (κ2) is 53.6. The molecule has 0 rings (SSSR count). The van der Waals surface area contributed by atoms with Crippen LogP contribution in [0.2, 0.25) is 0 Å². The lowest BCUT2D eigenvalue weighted by Gasteiger charge is -2.30. The molecule has 0 saturated carbocycles. The van der Waals surface area contributed by atoms with E-state index in [1.807, 2.05) is 33.3 Å². The molecule has 1 amide bonds. The largest absolute Gasteiger partial charge is 0.756 e. The predicted octanol–water partition coefficient (Wildman–Crippen LogP) is 18.0. The summed E-state index contributed by atoms with van der Waals surface area (Å²) in [7, 11) is 1.15. The summed E-state index contributed by atoms with van der Waals surface area (Å²) in [4.78, 5) is 39.9. The van der Waals surface area contributed by atoms with E-state index in [4.69, 9.17) is 13.8 Å². The molecule has 1 N–H and O–H groups in total. The lowest BCUT2D eigenvalue weighted by atomic mass is 10.0. The van der Waals surface area contributed by atoms with Gasteiger partial charge in [-0.25, -0.2) is 0 Å². The molecule has 10 heteroatoms. The van der Waals surface area contributed by atoms with Crippen LogP contribution < -0.4 is 10.2 Å². The van der Waals surface area contributed by atoms with E-state index in [1.165, 1.54) is 103 Å². The standard InChI is InChI=1S/C64H115N2O7P/c1-7-10-13-16-19-22-25-28-30-32-33-35-37-39-42-45-48-51-54-57-64(68)73-62(55-52-49-46-43-40-27-24-21-18-15-12-9-3)61(60-72-74(69,70)71-59-58-66(4,5)6)65-63(67)56-53-50-47-44-41-38-36-34-31-29-26-23-20-17-14-11-8-2/h19-20,22-23,28-31,33,35-36,38,52,55,61-62H,7-18,21,24-27,32,34,37,39-51,53-54,56-60H2,1-6H3,(H-,65,67,69,70)/b22-19-,23-20-,30-28-,31-29-,35-33-,38-36-,55-52+. The molecule has 0 aliphatic carbocycles. The number of phosphoric acid groups is 1. The van der Waals surface area contributed by atoms with Gasteiger partial charge in [0.1, 0.15) is 19.3 Å². The van der Waals surface area contributed by atoms with Gasteiger partial charge in [-0.15, -0.1) is 0 Å². The molecule has 3 atom stereocenters. The van der Waals surface area contributed by atoms with Crippen molar-refractivity contribution >= 4 is 19.7 Å². The van der Waals surface area contributed by atoms with Crippen molar-refractivity contribution in [2.45, 2.75) is 270 Å². The third-order valence-electron chi connectivity index (χ3n) is 13.0. The Bertz CT molecular complexity index is 1540. The number of hydrogen-bond acceptors (Lipinski definition) is 7. The molecule has 428 valence electrons. The fraction of sp³-hybridized carbons (Fsp3) is 0.750. The van der Waals surface area contributed by atoms with Gasteiger partial charge in [0.05, 0.1) is 33.8 Å². The van der Waals surface area contributed by atoms with E-state index < -0.39 is 26.6 Å². The van der Waals surface area contributed by atoms with Gasteiger partial charge in [0.25, 0.3) is 7.82 Å². The van der Waals surface area contributed by atoms with Crippen LogP contribution in [0.4, 0.5) is 0 Å². The van der Waals surface area contributed by atoms with Gasteiger partial charge in [-0.05, 0) is 109 Å². The zero-order valence-corrected chi connectivity index (χ0v) is 49.7. The minimum absolute atomic E-state index is 0.0327. The van der Waals surface area contributed by atoms with E-state index in [1.54, 1.807) is 0 Å². The summed E-state index contributed by atoms with van der Waals surface area (Å²) in [5.74, 6) is -0.583. The normalized spacial score (nSPS) is 14.3. The smallest absolute Gasteiger partial charge is 0.306 e. The van der Waals surface area contributed by atoms with Crippen molar-refractivity contribution in [3.8, 4) is 0 Å². The van der Waals surface area contributed by atoms with E-state index in [2.05, 4.69) is 99.0 Å². The van der Waals surface area contributed by atoms with Crippen molar-refractivity contribution in [1.82, 2.24) is 5.32 Å². The Morgan fingerprint density at radius 2 is 0.824 bits per heavy atom.